The normalized spacial score (nSPS) is 17.0. The number of imidazole rings is 1. The number of carbonyl (C=O) groups is 1. The molecule has 2 N–H and O–H groups in total. The van der Waals surface area contributed by atoms with E-state index in [4.69, 9.17) is 0 Å². The summed E-state index contributed by atoms with van der Waals surface area (Å²) in [5.74, 6) is 0.817. The van der Waals surface area contributed by atoms with E-state index in [-0.39, 0.29) is 10.8 Å². The lowest BCUT2D eigenvalue weighted by atomic mass is 10.0. The number of H-pyrrole nitrogens is 1. The van der Waals surface area contributed by atoms with Gasteiger partial charge >= 0.3 is 0 Å². The molecule has 5 rings (SSSR count). The Bertz CT molecular complexity index is 1390. The number of hydrogen-bond acceptors (Lipinski definition) is 4. The summed E-state index contributed by atoms with van der Waals surface area (Å²) in [4.78, 5) is 20.8. The van der Waals surface area contributed by atoms with Gasteiger partial charge in [0.05, 0.1) is 15.9 Å². The number of sulfonamides is 1. The third-order valence-electron chi connectivity index (χ3n) is 6.18. The van der Waals surface area contributed by atoms with Gasteiger partial charge in [-0.15, -0.1) is 0 Å². The summed E-state index contributed by atoms with van der Waals surface area (Å²) in [7, 11) is -3.54. The number of para-hydroxylation sites is 2. The van der Waals surface area contributed by atoms with E-state index >= 15 is 0 Å². The highest BCUT2D eigenvalue weighted by Gasteiger charge is 2.28. The van der Waals surface area contributed by atoms with Gasteiger partial charge in [-0.1, -0.05) is 19.1 Å². The molecule has 0 unspecified atom stereocenters. The minimum atomic E-state index is -3.54. The molecule has 0 radical (unpaired) electrons. The molecule has 3 aromatic carbocycles. The van der Waals surface area contributed by atoms with Crippen LogP contribution in [0.5, 0.6) is 0 Å². The summed E-state index contributed by atoms with van der Waals surface area (Å²) in [5, 5.41) is 2.86. The molecule has 1 atom stereocenters. The average Bonchev–Trinajstić information content (AvgIpc) is 3.29. The van der Waals surface area contributed by atoms with Gasteiger partial charge in [-0.05, 0) is 79.4 Å². The van der Waals surface area contributed by atoms with Crippen molar-refractivity contribution in [2.24, 2.45) is 5.92 Å². The van der Waals surface area contributed by atoms with Crippen molar-refractivity contribution >= 4 is 32.7 Å². The lowest BCUT2D eigenvalue weighted by molar-refractivity contribution is 0.102. The third kappa shape index (κ3) is 4.47. The molecule has 0 aliphatic carbocycles. The van der Waals surface area contributed by atoms with Crippen molar-refractivity contribution < 1.29 is 13.2 Å². The second-order valence-electron chi connectivity index (χ2n) is 8.77. The second kappa shape index (κ2) is 9.04. The molecule has 1 aromatic heterocycles. The second-order valence-corrected chi connectivity index (χ2v) is 10.7. The molecular formula is C26H26N4O3S. The van der Waals surface area contributed by atoms with Gasteiger partial charge in [0.25, 0.3) is 5.91 Å². The van der Waals surface area contributed by atoms with E-state index in [1.54, 1.807) is 16.4 Å². The van der Waals surface area contributed by atoms with E-state index in [9.17, 15) is 13.2 Å². The van der Waals surface area contributed by atoms with E-state index < -0.39 is 10.0 Å². The number of benzene rings is 3. The number of fused-ring (bicyclic) bond motifs is 1. The Morgan fingerprint density at radius 1 is 1.03 bits per heavy atom. The van der Waals surface area contributed by atoms with Crippen LogP contribution in [0.3, 0.4) is 0 Å². The zero-order chi connectivity index (χ0) is 23.7. The van der Waals surface area contributed by atoms with Gasteiger partial charge in [0.1, 0.15) is 5.82 Å². The van der Waals surface area contributed by atoms with Crippen LogP contribution in [-0.4, -0.2) is 41.7 Å². The molecule has 1 amide bonds. The van der Waals surface area contributed by atoms with Crippen molar-refractivity contribution in [1.82, 2.24) is 14.3 Å². The molecule has 1 aliphatic rings. The van der Waals surface area contributed by atoms with Crippen LogP contribution < -0.4 is 5.32 Å². The smallest absolute Gasteiger partial charge is 0.255 e. The zero-order valence-corrected chi connectivity index (χ0v) is 19.7. The highest BCUT2D eigenvalue weighted by atomic mass is 32.2. The van der Waals surface area contributed by atoms with Crippen LogP contribution in [-0.2, 0) is 10.0 Å². The number of anilines is 1. The number of nitrogens with zero attached hydrogens (tertiary/aromatic N) is 2. The maximum atomic E-state index is 12.9. The summed E-state index contributed by atoms with van der Waals surface area (Å²) in [6.45, 7) is 3.14. The van der Waals surface area contributed by atoms with Crippen LogP contribution in [0.2, 0.25) is 0 Å². The molecule has 1 aliphatic heterocycles. The minimum Gasteiger partial charge on any atom is -0.338 e. The van der Waals surface area contributed by atoms with Crippen molar-refractivity contribution in [2.75, 3.05) is 18.4 Å². The van der Waals surface area contributed by atoms with Gasteiger partial charge in [0.2, 0.25) is 10.0 Å². The molecule has 8 heteroatoms. The van der Waals surface area contributed by atoms with Gasteiger partial charge in [-0.2, -0.15) is 4.31 Å². The van der Waals surface area contributed by atoms with Crippen LogP contribution in [0.1, 0.15) is 30.1 Å². The zero-order valence-electron chi connectivity index (χ0n) is 18.9. The SMILES string of the molecule is C[C@@H]1CCCN(S(=O)(=O)c2ccc(C(=O)Nc3ccc(-c4nc5ccccc5[nH]4)cc3)cc2)C1. The number of aromatic nitrogens is 2. The number of piperidine rings is 1. The minimum absolute atomic E-state index is 0.216. The molecule has 0 saturated carbocycles. The maximum Gasteiger partial charge on any atom is 0.255 e. The van der Waals surface area contributed by atoms with Gasteiger partial charge in [0, 0.05) is 29.9 Å². The molecule has 1 fully saturated rings. The van der Waals surface area contributed by atoms with Gasteiger partial charge in [-0.3, -0.25) is 4.79 Å². The van der Waals surface area contributed by atoms with E-state index in [1.165, 1.54) is 12.1 Å². The Hall–Kier alpha value is -3.49. The predicted molar refractivity (Wildman–Crippen MR) is 133 cm³/mol. The van der Waals surface area contributed by atoms with Crippen LogP contribution in [0.15, 0.2) is 77.7 Å². The van der Waals surface area contributed by atoms with Crippen molar-refractivity contribution in [1.29, 1.82) is 0 Å². The fourth-order valence-electron chi connectivity index (χ4n) is 4.30. The standard InChI is InChI=1S/C26H26N4O3S/c1-18-5-4-16-30(17-18)34(32,33)22-14-10-20(11-15-22)26(31)27-21-12-8-19(9-13-21)25-28-23-6-2-3-7-24(23)29-25/h2-3,6-15,18H,4-5,16-17H2,1H3,(H,27,31)(H,28,29)/t18-/m1/s1. The number of amides is 1. The van der Waals surface area contributed by atoms with E-state index in [1.807, 2.05) is 48.5 Å². The molecule has 1 saturated heterocycles. The third-order valence-corrected chi connectivity index (χ3v) is 8.06. The van der Waals surface area contributed by atoms with Crippen molar-refractivity contribution in [2.45, 2.75) is 24.7 Å². The first-order valence-corrected chi connectivity index (χ1v) is 12.8. The molecule has 0 bridgehead atoms. The van der Waals surface area contributed by atoms with Gasteiger partial charge in [-0.25, -0.2) is 13.4 Å². The maximum absolute atomic E-state index is 12.9. The van der Waals surface area contributed by atoms with Gasteiger partial charge in [0.15, 0.2) is 0 Å². The number of hydrogen-bond donors (Lipinski definition) is 2. The Kier molecular flexibility index (Phi) is 5.93. The molecule has 7 nitrogen and oxygen atoms in total. The van der Waals surface area contributed by atoms with Crippen molar-refractivity contribution in [3.8, 4) is 11.4 Å². The topological polar surface area (TPSA) is 95.2 Å². The summed E-state index contributed by atoms with van der Waals surface area (Å²) < 4.78 is 27.4. The highest BCUT2D eigenvalue weighted by molar-refractivity contribution is 7.89. The van der Waals surface area contributed by atoms with E-state index in [0.717, 1.165) is 35.3 Å². The first-order valence-electron chi connectivity index (χ1n) is 11.4. The Labute approximate surface area is 198 Å². The van der Waals surface area contributed by atoms with E-state index in [2.05, 4.69) is 22.2 Å². The summed E-state index contributed by atoms with van der Waals surface area (Å²) in [6, 6.07) is 21.4. The molecule has 4 aromatic rings. The Morgan fingerprint density at radius 2 is 1.76 bits per heavy atom. The fourth-order valence-corrected chi connectivity index (χ4v) is 5.89. The van der Waals surface area contributed by atoms with Crippen LogP contribution >= 0.6 is 0 Å². The largest absolute Gasteiger partial charge is 0.338 e. The molecular weight excluding hydrogens is 448 g/mol. The predicted octanol–water partition coefficient (Wildman–Crippen LogP) is 4.90. The van der Waals surface area contributed by atoms with Crippen LogP contribution in [0.4, 0.5) is 5.69 Å². The highest BCUT2D eigenvalue weighted by Crippen LogP contribution is 2.25. The summed E-state index contributed by atoms with van der Waals surface area (Å²) >= 11 is 0. The Morgan fingerprint density at radius 3 is 2.47 bits per heavy atom. The van der Waals surface area contributed by atoms with Crippen LogP contribution in [0.25, 0.3) is 22.4 Å². The Balaban J connectivity index is 1.27. The lowest BCUT2D eigenvalue weighted by Crippen LogP contribution is -2.39. The quantitative estimate of drug-likeness (QED) is 0.430. The van der Waals surface area contributed by atoms with E-state index in [0.29, 0.717) is 30.3 Å². The van der Waals surface area contributed by atoms with Crippen molar-refractivity contribution in [3.63, 3.8) is 0 Å². The van der Waals surface area contributed by atoms with Crippen LogP contribution in [0, 0.1) is 5.92 Å². The molecule has 2 heterocycles. The first kappa shape index (κ1) is 22.3. The monoisotopic (exact) mass is 474 g/mol. The number of rotatable bonds is 5. The molecule has 0 spiro atoms. The molecule has 174 valence electrons. The first-order chi connectivity index (χ1) is 16.4. The lowest BCUT2D eigenvalue weighted by Gasteiger charge is -2.30. The number of carbonyl (C=O) groups excluding carboxylic acids is 1. The number of aromatic amines is 1. The van der Waals surface area contributed by atoms with Crippen molar-refractivity contribution in [3.05, 3.63) is 78.4 Å². The number of nitrogens with one attached hydrogen (secondary N) is 2. The summed E-state index contributed by atoms with van der Waals surface area (Å²) in [6.07, 6.45) is 1.92. The fraction of sp³-hybridized carbons (Fsp3) is 0.231. The summed E-state index contributed by atoms with van der Waals surface area (Å²) in [5.41, 5.74) is 3.82. The molecule has 34 heavy (non-hydrogen) atoms. The van der Waals surface area contributed by atoms with Gasteiger partial charge < -0.3 is 10.3 Å². The average molecular weight is 475 g/mol.